The van der Waals surface area contributed by atoms with Gasteiger partial charge in [-0.2, -0.15) is 4.31 Å². The SMILES string of the molecule is C=CCN(CCO)S(=O)(=O)c1cc(Cl)cc(CO)c1OC. The summed E-state index contributed by atoms with van der Waals surface area (Å²) in [5, 5.41) is 18.5. The van der Waals surface area contributed by atoms with Gasteiger partial charge in [0.15, 0.2) is 0 Å². The highest BCUT2D eigenvalue weighted by Crippen LogP contribution is 2.33. The quantitative estimate of drug-likeness (QED) is 0.692. The van der Waals surface area contributed by atoms with Crippen LogP contribution < -0.4 is 4.74 Å². The van der Waals surface area contributed by atoms with Crippen molar-refractivity contribution < 1.29 is 23.4 Å². The Morgan fingerprint density at radius 1 is 1.43 bits per heavy atom. The molecule has 0 spiro atoms. The molecule has 0 aliphatic carbocycles. The molecule has 1 aromatic rings. The van der Waals surface area contributed by atoms with Gasteiger partial charge in [0.05, 0.1) is 20.3 Å². The van der Waals surface area contributed by atoms with Crippen molar-refractivity contribution in [2.45, 2.75) is 11.5 Å². The summed E-state index contributed by atoms with van der Waals surface area (Å²) in [6.45, 7) is 2.71. The molecule has 8 heteroatoms. The van der Waals surface area contributed by atoms with Gasteiger partial charge in [-0.05, 0) is 12.1 Å². The Morgan fingerprint density at radius 3 is 2.57 bits per heavy atom. The third kappa shape index (κ3) is 3.96. The number of benzene rings is 1. The van der Waals surface area contributed by atoms with Crippen molar-refractivity contribution in [2.24, 2.45) is 0 Å². The second kappa shape index (κ2) is 7.77. The fraction of sp³-hybridized carbons (Fsp3) is 0.385. The van der Waals surface area contributed by atoms with Gasteiger partial charge in [0.1, 0.15) is 10.6 Å². The molecule has 0 amide bonds. The van der Waals surface area contributed by atoms with Crippen LogP contribution in [0.2, 0.25) is 5.02 Å². The molecule has 0 saturated carbocycles. The normalized spacial score (nSPS) is 11.7. The average molecular weight is 336 g/mol. The van der Waals surface area contributed by atoms with E-state index in [9.17, 15) is 13.5 Å². The van der Waals surface area contributed by atoms with Crippen molar-refractivity contribution in [3.63, 3.8) is 0 Å². The van der Waals surface area contributed by atoms with Crippen molar-refractivity contribution >= 4 is 21.6 Å². The molecule has 1 rings (SSSR count). The van der Waals surface area contributed by atoms with Crippen LogP contribution in [-0.4, -0.2) is 49.7 Å². The zero-order chi connectivity index (χ0) is 16.0. The Hall–Kier alpha value is -1.12. The van der Waals surface area contributed by atoms with E-state index in [4.69, 9.17) is 21.4 Å². The first-order chi connectivity index (χ1) is 9.92. The molecule has 21 heavy (non-hydrogen) atoms. The molecule has 1 aromatic carbocycles. The average Bonchev–Trinajstić information content (AvgIpc) is 2.45. The zero-order valence-corrected chi connectivity index (χ0v) is 13.2. The fourth-order valence-corrected chi connectivity index (χ4v) is 3.80. The van der Waals surface area contributed by atoms with E-state index in [0.29, 0.717) is 0 Å². The van der Waals surface area contributed by atoms with E-state index in [2.05, 4.69) is 6.58 Å². The van der Waals surface area contributed by atoms with Gasteiger partial charge >= 0.3 is 0 Å². The summed E-state index contributed by atoms with van der Waals surface area (Å²) >= 11 is 5.90. The molecule has 0 saturated heterocycles. The van der Waals surface area contributed by atoms with Gasteiger partial charge in [-0.25, -0.2) is 8.42 Å². The molecule has 0 unspecified atom stereocenters. The summed E-state index contributed by atoms with van der Waals surface area (Å²) < 4.78 is 31.5. The summed E-state index contributed by atoms with van der Waals surface area (Å²) in [7, 11) is -2.63. The molecule has 0 aliphatic heterocycles. The number of nitrogens with zero attached hydrogens (tertiary/aromatic N) is 1. The highest BCUT2D eigenvalue weighted by atomic mass is 35.5. The number of hydrogen-bond donors (Lipinski definition) is 2. The van der Waals surface area contributed by atoms with Crippen molar-refractivity contribution in [1.82, 2.24) is 4.31 Å². The minimum atomic E-state index is -3.94. The van der Waals surface area contributed by atoms with E-state index in [0.717, 1.165) is 4.31 Å². The molecule has 6 nitrogen and oxygen atoms in total. The lowest BCUT2D eigenvalue weighted by atomic mass is 10.2. The predicted molar refractivity (Wildman–Crippen MR) is 80.0 cm³/mol. The first kappa shape index (κ1) is 17.9. The molecule has 0 aliphatic rings. The number of sulfonamides is 1. The molecular formula is C13H18ClNO5S. The number of halogens is 1. The Kier molecular flexibility index (Phi) is 6.63. The van der Waals surface area contributed by atoms with Crippen LogP contribution in [0.4, 0.5) is 0 Å². The molecule has 0 atom stereocenters. The Labute approximate surface area is 129 Å². The van der Waals surface area contributed by atoms with Gasteiger partial charge in [-0.15, -0.1) is 6.58 Å². The molecule has 0 heterocycles. The molecule has 118 valence electrons. The summed E-state index contributed by atoms with van der Waals surface area (Å²) in [5.41, 5.74) is 0.270. The lowest BCUT2D eigenvalue weighted by molar-refractivity contribution is 0.259. The monoisotopic (exact) mass is 335 g/mol. The molecule has 0 radical (unpaired) electrons. The second-order valence-corrected chi connectivity index (χ2v) is 6.47. The first-order valence-electron chi connectivity index (χ1n) is 6.11. The van der Waals surface area contributed by atoms with Crippen molar-refractivity contribution in [2.75, 3.05) is 26.8 Å². The van der Waals surface area contributed by atoms with Crippen LogP contribution in [0.1, 0.15) is 5.56 Å². The Morgan fingerprint density at radius 2 is 2.10 bits per heavy atom. The number of ether oxygens (including phenoxy) is 1. The molecule has 2 N–H and O–H groups in total. The van der Waals surface area contributed by atoms with Crippen LogP contribution in [0, 0.1) is 0 Å². The van der Waals surface area contributed by atoms with Crippen molar-refractivity contribution in [3.05, 3.63) is 35.4 Å². The smallest absolute Gasteiger partial charge is 0.247 e. The first-order valence-corrected chi connectivity index (χ1v) is 7.93. The second-order valence-electron chi connectivity index (χ2n) is 4.13. The van der Waals surface area contributed by atoms with Crippen LogP contribution in [-0.2, 0) is 16.6 Å². The third-order valence-electron chi connectivity index (χ3n) is 2.77. The minimum absolute atomic E-state index is 0.0347. The lowest BCUT2D eigenvalue weighted by Crippen LogP contribution is -2.34. The number of methoxy groups -OCH3 is 1. The largest absolute Gasteiger partial charge is 0.495 e. The maximum absolute atomic E-state index is 12.7. The Bertz CT molecular complexity index is 603. The van der Waals surface area contributed by atoms with E-state index < -0.39 is 16.6 Å². The highest BCUT2D eigenvalue weighted by molar-refractivity contribution is 7.89. The van der Waals surface area contributed by atoms with Crippen LogP contribution in [0.3, 0.4) is 0 Å². The lowest BCUT2D eigenvalue weighted by Gasteiger charge is -2.22. The van der Waals surface area contributed by atoms with Gasteiger partial charge in [-0.3, -0.25) is 0 Å². The topological polar surface area (TPSA) is 87.1 Å². The number of aliphatic hydroxyl groups excluding tert-OH is 2. The predicted octanol–water partition coefficient (Wildman–Crippen LogP) is 1.01. The highest BCUT2D eigenvalue weighted by Gasteiger charge is 2.28. The number of rotatable bonds is 8. The van der Waals surface area contributed by atoms with Gasteiger partial charge < -0.3 is 14.9 Å². The van der Waals surface area contributed by atoms with Crippen LogP contribution in [0.25, 0.3) is 0 Å². The Balaban J connectivity index is 3.48. The van der Waals surface area contributed by atoms with E-state index in [-0.39, 0.29) is 40.9 Å². The number of hydrogen-bond acceptors (Lipinski definition) is 5. The maximum Gasteiger partial charge on any atom is 0.247 e. The van der Waals surface area contributed by atoms with E-state index >= 15 is 0 Å². The van der Waals surface area contributed by atoms with Gasteiger partial charge in [-0.1, -0.05) is 17.7 Å². The zero-order valence-electron chi connectivity index (χ0n) is 11.6. The van der Waals surface area contributed by atoms with Gasteiger partial charge in [0, 0.05) is 23.7 Å². The summed E-state index contributed by atoms with van der Waals surface area (Å²) in [6.07, 6.45) is 1.41. The van der Waals surface area contributed by atoms with Gasteiger partial charge in [0.2, 0.25) is 10.0 Å². The maximum atomic E-state index is 12.7. The van der Waals surface area contributed by atoms with Crippen LogP contribution in [0.15, 0.2) is 29.7 Å². The van der Waals surface area contributed by atoms with Crippen molar-refractivity contribution in [1.29, 1.82) is 0 Å². The van der Waals surface area contributed by atoms with Crippen LogP contribution in [0.5, 0.6) is 5.75 Å². The minimum Gasteiger partial charge on any atom is -0.495 e. The molecule has 0 aromatic heterocycles. The fourth-order valence-electron chi connectivity index (χ4n) is 1.87. The van der Waals surface area contributed by atoms with Gasteiger partial charge in [0.25, 0.3) is 0 Å². The summed E-state index contributed by atoms with van der Waals surface area (Å²) in [4.78, 5) is -0.156. The third-order valence-corrected chi connectivity index (χ3v) is 4.86. The van der Waals surface area contributed by atoms with Crippen LogP contribution >= 0.6 is 11.6 Å². The number of aliphatic hydroxyl groups is 2. The molecular weight excluding hydrogens is 318 g/mol. The van der Waals surface area contributed by atoms with E-state index in [1.54, 1.807) is 0 Å². The summed E-state index contributed by atoms with van der Waals surface area (Å²) in [5.74, 6) is 0.0360. The van der Waals surface area contributed by atoms with E-state index in [1.807, 2.05) is 0 Å². The molecule has 0 fully saturated rings. The molecule has 0 bridgehead atoms. The standard InChI is InChI=1S/C13H18ClNO5S/c1-3-4-15(5-6-16)21(18,19)12-8-11(14)7-10(9-17)13(12)20-2/h3,7-8,16-17H,1,4-6,9H2,2H3. The van der Waals surface area contributed by atoms with E-state index in [1.165, 1.54) is 25.3 Å². The summed E-state index contributed by atoms with van der Waals surface area (Å²) in [6, 6.07) is 2.69. The van der Waals surface area contributed by atoms with Crippen molar-refractivity contribution in [3.8, 4) is 5.75 Å².